The average molecular weight is 295 g/mol. The van der Waals surface area contributed by atoms with E-state index in [0.717, 1.165) is 36.3 Å². The number of fused-ring (bicyclic) bond motifs is 1. The Kier molecular flexibility index (Phi) is 4.14. The highest BCUT2D eigenvalue weighted by Gasteiger charge is 2.16. The summed E-state index contributed by atoms with van der Waals surface area (Å²) >= 11 is 0. The van der Waals surface area contributed by atoms with Crippen LogP contribution in [0, 0.1) is 0 Å². The zero-order valence-corrected chi connectivity index (χ0v) is 12.4. The predicted molar refractivity (Wildman–Crippen MR) is 84.2 cm³/mol. The summed E-state index contributed by atoms with van der Waals surface area (Å²) in [6, 6.07) is 9.29. The van der Waals surface area contributed by atoms with Crippen molar-refractivity contribution in [3.05, 3.63) is 59.4 Å². The SMILES string of the molecule is COc1ccc2c(c1)CCCC2=NNC(=O)c1ccncc1. The lowest BCUT2D eigenvalue weighted by atomic mass is 9.90. The highest BCUT2D eigenvalue weighted by molar-refractivity contribution is 6.04. The number of aryl methyl sites for hydroxylation is 1. The standard InChI is InChI=1S/C17H17N3O2/c1-22-14-5-6-15-13(11-14)3-2-4-16(15)19-20-17(21)12-7-9-18-10-8-12/h5-11H,2-4H2,1H3,(H,20,21). The van der Waals surface area contributed by atoms with Crippen molar-refractivity contribution in [2.45, 2.75) is 19.3 Å². The third-order valence-electron chi connectivity index (χ3n) is 3.72. The van der Waals surface area contributed by atoms with Gasteiger partial charge < -0.3 is 4.74 Å². The normalized spacial score (nSPS) is 15.2. The van der Waals surface area contributed by atoms with E-state index in [1.54, 1.807) is 31.6 Å². The van der Waals surface area contributed by atoms with Gasteiger partial charge in [-0.2, -0.15) is 5.10 Å². The van der Waals surface area contributed by atoms with Gasteiger partial charge in [-0.05, 0) is 55.2 Å². The molecule has 0 bridgehead atoms. The maximum absolute atomic E-state index is 12.0. The van der Waals surface area contributed by atoms with E-state index in [1.165, 1.54) is 5.56 Å². The molecule has 0 unspecified atom stereocenters. The van der Waals surface area contributed by atoms with E-state index < -0.39 is 0 Å². The van der Waals surface area contributed by atoms with Gasteiger partial charge in [-0.15, -0.1) is 0 Å². The molecule has 0 spiro atoms. The van der Waals surface area contributed by atoms with Crippen molar-refractivity contribution in [1.82, 2.24) is 10.4 Å². The van der Waals surface area contributed by atoms with Crippen molar-refractivity contribution >= 4 is 11.6 Å². The van der Waals surface area contributed by atoms with E-state index in [-0.39, 0.29) is 5.91 Å². The molecule has 1 aliphatic rings. The number of nitrogens with one attached hydrogen (secondary N) is 1. The number of nitrogens with zero attached hydrogens (tertiary/aromatic N) is 2. The Labute approximate surface area is 129 Å². The van der Waals surface area contributed by atoms with E-state index in [9.17, 15) is 4.79 Å². The number of hydrazone groups is 1. The Balaban J connectivity index is 1.80. The van der Waals surface area contributed by atoms with E-state index in [0.29, 0.717) is 5.56 Å². The van der Waals surface area contributed by atoms with Crippen molar-refractivity contribution in [3.63, 3.8) is 0 Å². The zero-order valence-electron chi connectivity index (χ0n) is 12.4. The lowest BCUT2D eigenvalue weighted by molar-refractivity contribution is 0.0954. The van der Waals surface area contributed by atoms with Crippen molar-refractivity contribution in [2.75, 3.05) is 7.11 Å². The second-order valence-corrected chi connectivity index (χ2v) is 5.11. The fourth-order valence-corrected chi connectivity index (χ4v) is 2.57. The quantitative estimate of drug-likeness (QED) is 0.885. The summed E-state index contributed by atoms with van der Waals surface area (Å²) in [7, 11) is 1.66. The molecule has 3 rings (SSSR count). The number of aromatic nitrogens is 1. The summed E-state index contributed by atoms with van der Waals surface area (Å²) in [5.41, 5.74) is 6.38. The first-order valence-corrected chi connectivity index (χ1v) is 7.22. The van der Waals surface area contributed by atoms with Gasteiger partial charge in [0.25, 0.3) is 5.91 Å². The summed E-state index contributed by atoms with van der Waals surface area (Å²) < 4.78 is 5.26. The van der Waals surface area contributed by atoms with Crippen LogP contribution in [0.5, 0.6) is 5.75 Å². The number of benzene rings is 1. The third-order valence-corrected chi connectivity index (χ3v) is 3.72. The number of methoxy groups -OCH3 is 1. The minimum atomic E-state index is -0.226. The Morgan fingerprint density at radius 1 is 1.23 bits per heavy atom. The summed E-state index contributed by atoms with van der Waals surface area (Å²) in [6.07, 6.45) is 6.05. The molecule has 5 nitrogen and oxygen atoms in total. The molecule has 1 heterocycles. The van der Waals surface area contributed by atoms with Gasteiger partial charge in [-0.1, -0.05) is 0 Å². The van der Waals surface area contributed by atoms with Gasteiger partial charge in [-0.3, -0.25) is 9.78 Å². The van der Waals surface area contributed by atoms with Crippen LogP contribution in [-0.2, 0) is 6.42 Å². The molecule has 2 aromatic rings. The first-order chi connectivity index (χ1) is 10.8. The van der Waals surface area contributed by atoms with Gasteiger partial charge in [0, 0.05) is 23.5 Å². The molecule has 22 heavy (non-hydrogen) atoms. The van der Waals surface area contributed by atoms with Crippen molar-refractivity contribution in [1.29, 1.82) is 0 Å². The fraction of sp³-hybridized carbons (Fsp3) is 0.235. The van der Waals surface area contributed by atoms with Gasteiger partial charge in [0.15, 0.2) is 0 Å². The largest absolute Gasteiger partial charge is 0.497 e. The number of carbonyl (C=O) groups is 1. The Hall–Kier alpha value is -2.69. The second-order valence-electron chi connectivity index (χ2n) is 5.11. The van der Waals surface area contributed by atoms with Crippen LogP contribution in [0.3, 0.4) is 0 Å². The lowest BCUT2D eigenvalue weighted by Crippen LogP contribution is -2.22. The average Bonchev–Trinajstić information content (AvgIpc) is 2.59. The fourth-order valence-electron chi connectivity index (χ4n) is 2.57. The van der Waals surface area contributed by atoms with E-state index in [2.05, 4.69) is 15.5 Å². The number of hydrogen-bond acceptors (Lipinski definition) is 4. The van der Waals surface area contributed by atoms with Gasteiger partial charge in [0.05, 0.1) is 12.8 Å². The van der Waals surface area contributed by atoms with Gasteiger partial charge in [0.2, 0.25) is 0 Å². The van der Waals surface area contributed by atoms with Gasteiger partial charge in [-0.25, -0.2) is 5.43 Å². The van der Waals surface area contributed by atoms with Crippen LogP contribution >= 0.6 is 0 Å². The van der Waals surface area contributed by atoms with Crippen LogP contribution in [0.1, 0.15) is 34.3 Å². The van der Waals surface area contributed by atoms with Crippen LogP contribution in [0.4, 0.5) is 0 Å². The number of amides is 1. The molecule has 1 aliphatic carbocycles. The Morgan fingerprint density at radius 2 is 2.05 bits per heavy atom. The lowest BCUT2D eigenvalue weighted by Gasteiger charge is -2.18. The molecule has 112 valence electrons. The molecule has 1 N–H and O–H groups in total. The number of pyridine rings is 1. The smallest absolute Gasteiger partial charge is 0.271 e. The van der Waals surface area contributed by atoms with Gasteiger partial charge >= 0.3 is 0 Å². The first kappa shape index (κ1) is 14.3. The predicted octanol–water partition coefficient (Wildman–Crippen LogP) is 2.56. The monoisotopic (exact) mass is 295 g/mol. The maximum atomic E-state index is 12.0. The van der Waals surface area contributed by atoms with Crippen LogP contribution in [0.15, 0.2) is 47.8 Å². The van der Waals surface area contributed by atoms with Crippen molar-refractivity contribution in [3.8, 4) is 5.75 Å². The molecule has 0 saturated carbocycles. The highest BCUT2D eigenvalue weighted by Crippen LogP contribution is 2.25. The molecule has 0 saturated heterocycles. The van der Waals surface area contributed by atoms with E-state index in [4.69, 9.17) is 4.74 Å². The Morgan fingerprint density at radius 3 is 2.82 bits per heavy atom. The highest BCUT2D eigenvalue weighted by atomic mass is 16.5. The molecule has 0 fully saturated rings. The molecule has 0 aliphatic heterocycles. The molecular formula is C17H17N3O2. The Bertz CT molecular complexity index is 711. The van der Waals surface area contributed by atoms with Gasteiger partial charge in [0.1, 0.15) is 5.75 Å². The molecule has 1 aromatic carbocycles. The number of hydrogen-bond donors (Lipinski definition) is 1. The molecule has 5 heteroatoms. The van der Waals surface area contributed by atoms with Crippen molar-refractivity contribution in [2.24, 2.45) is 5.10 Å². The second kappa shape index (κ2) is 6.39. The zero-order chi connectivity index (χ0) is 15.4. The number of carbonyl (C=O) groups excluding carboxylic acids is 1. The number of ether oxygens (including phenoxy) is 1. The molecular weight excluding hydrogens is 278 g/mol. The van der Waals surface area contributed by atoms with Crippen LogP contribution in [0.2, 0.25) is 0 Å². The summed E-state index contributed by atoms with van der Waals surface area (Å²) in [6.45, 7) is 0. The third kappa shape index (κ3) is 2.98. The summed E-state index contributed by atoms with van der Waals surface area (Å²) in [5, 5.41) is 4.31. The minimum Gasteiger partial charge on any atom is -0.497 e. The minimum absolute atomic E-state index is 0.226. The van der Waals surface area contributed by atoms with Crippen LogP contribution < -0.4 is 10.2 Å². The van der Waals surface area contributed by atoms with Crippen LogP contribution in [-0.4, -0.2) is 23.7 Å². The molecule has 0 atom stereocenters. The van der Waals surface area contributed by atoms with E-state index >= 15 is 0 Å². The first-order valence-electron chi connectivity index (χ1n) is 7.22. The number of rotatable bonds is 3. The van der Waals surface area contributed by atoms with Crippen LogP contribution in [0.25, 0.3) is 0 Å². The molecule has 0 radical (unpaired) electrons. The molecule has 1 amide bonds. The molecule has 1 aromatic heterocycles. The topological polar surface area (TPSA) is 63.6 Å². The van der Waals surface area contributed by atoms with Crippen molar-refractivity contribution < 1.29 is 9.53 Å². The maximum Gasteiger partial charge on any atom is 0.271 e. The summed E-state index contributed by atoms with van der Waals surface area (Å²) in [5.74, 6) is 0.622. The summed E-state index contributed by atoms with van der Waals surface area (Å²) in [4.78, 5) is 15.9. The van der Waals surface area contributed by atoms with E-state index in [1.807, 2.05) is 18.2 Å².